The highest BCUT2D eigenvalue weighted by atomic mass is 32.1. The van der Waals surface area contributed by atoms with Crippen LogP contribution < -0.4 is 10.6 Å². The van der Waals surface area contributed by atoms with Gasteiger partial charge in [-0.25, -0.2) is 0 Å². The molecule has 2 unspecified atom stereocenters. The Morgan fingerprint density at radius 2 is 2.09 bits per heavy atom. The fourth-order valence-electron chi connectivity index (χ4n) is 2.62. The van der Waals surface area contributed by atoms with E-state index in [1.807, 2.05) is 12.1 Å². The van der Waals surface area contributed by atoms with Gasteiger partial charge in [0, 0.05) is 12.7 Å². The van der Waals surface area contributed by atoms with Crippen molar-refractivity contribution in [2.24, 2.45) is 0 Å². The van der Waals surface area contributed by atoms with Gasteiger partial charge >= 0.3 is 5.97 Å². The van der Waals surface area contributed by atoms with Crippen LogP contribution in [0.2, 0.25) is 0 Å². The summed E-state index contributed by atoms with van der Waals surface area (Å²) in [5, 5.41) is 14.7. The quantitative estimate of drug-likeness (QED) is 0.586. The number of carbonyl (C=O) groups excluding carboxylic acids is 2. The van der Waals surface area contributed by atoms with Crippen LogP contribution in [0.4, 0.5) is 0 Å². The van der Waals surface area contributed by atoms with Crippen LogP contribution in [0.1, 0.15) is 24.1 Å². The Kier molecular flexibility index (Phi) is 5.20. The molecule has 0 bridgehead atoms. The maximum atomic E-state index is 12.7. The minimum absolute atomic E-state index is 0.149. The third kappa shape index (κ3) is 3.48. The van der Waals surface area contributed by atoms with Crippen molar-refractivity contribution in [2.45, 2.75) is 31.5 Å². The van der Waals surface area contributed by atoms with Crippen LogP contribution in [0.25, 0.3) is 0 Å². The second-order valence-electron chi connectivity index (χ2n) is 5.23. The van der Waals surface area contributed by atoms with Gasteiger partial charge in [0.1, 0.15) is 6.04 Å². The van der Waals surface area contributed by atoms with Crippen molar-refractivity contribution < 1.29 is 19.5 Å². The number of ketones is 1. The number of carboxylic acid groups (broad SMARTS) is 1. The zero-order valence-corrected chi connectivity index (χ0v) is 13.0. The van der Waals surface area contributed by atoms with Crippen LogP contribution in [0.5, 0.6) is 0 Å². The summed E-state index contributed by atoms with van der Waals surface area (Å²) in [4.78, 5) is 35.2. The molecule has 0 fully saturated rings. The number of fused-ring (bicyclic) bond motifs is 1. The second kappa shape index (κ2) is 6.93. The molecule has 1 aliphatic heterocycles. The Bertz CT molecular complexity index is 605. The molecule has 118 valence electrons. The fourth-order valence-corrected chi connectivity index (χ4v) is 2.89. The molecule has 1 aliphatic rings. The first kappa shape index (κ1) is 16.5. The molecule has 0 aliphatic carbocycles. The highest BCUT2D eigenvalue weighted by Crippen LogP contribution is 2.27. The van der Waals surface area contributed by atoms with Crippen LogP contribution in [-0.4, -0.2) is 40.6 Å². The number of hydrogen-bond acceptors (Lipinski definition) is 5. The van der Waals surface area contributed by atoms with E-state index in [0.29, 0.717) is 6.42 Å². The molecule has 3 atom stereocenters. The highest BCUT2D eigenvalue weighted by Gasteiger charge is 2.36. The molecule has 0 spiro atoms. The molecule has 1 amide bonds. The molecule has 3 N–H and O–H groups in total. The summed E-state index contributed by atoms with van der Waals surface area (Å²) >= 11 is 4.10. The van der Waals surface area contributed by atoms with E-state index < -0.39 is 24.1 Å². The molecule has 6 nitrogen and oxygen atoms in total. The number of Topliss-reactive ketones (excluding diaryl/α,β-unsaturated/α-hetero) is 1. The summed E-state index contributed by atoms with van der Waals surface area (Å²) in [6, 6.07) is 4.87. The van der Waals surface area contributed by atoms with Gasteiger partial charge in [0.25, 0.3) is 0 Å². The van der Waals surface area contributed by atoms with Crippen LogP contribution in [-0.2, 0) is 20.8 Å². The smallest absolute Gasteiger partial charge is 0.321 e. The summed E-state index contributed by atoms with van der Waals surface area (Å²) in [7, 11) is 0. The van der Waals surface area contributed by atoms with Gasteiger partial charge in [-0.2, -0.15) is 12.6 Å². The molecular weight excluding hydrogens is 304 g/mol. The van der Waals surface area contributed by atoms with Gasteiger partial charge in [-0.3, -0.25) is 19.7 Å². The molecule has 0 radical (unpaired) electrons. The summed E-state index contributed by atoms with van der Waals surface area (Å²) in [5.41, 5.74) is 1.58. The number of amides is 1. The Morgan fingerprint density at radius 1 is 1.41 bits per heavy atom. The number of carboxylic acids is 1. The van der Waals surface area contributed by atoms with Crippen molar-refractivity contribution in [1.82, 2.24) is 10.6 Å². The summed E-state index contributed by atoms with van der Waals surface area (Å²) < 4.78 is 0. The molecule has 0 aromatic heterocycles. The standard InChI is InChI=1S/C15H18N2O4S/c1-8(18)16-12(7-22)14(19)13-10-5-3-2-4-9(10)6-11(17-13)15(20)21/h2-5,11-13,17,22H,6-7H2,1H3,(H,16,18)(H,20,21)/t11?,12-,13?/m1/s1. The lowest BCUT2D eigenvalue weighted by atomic mass is 9.86. The Balaban J connectivity index is 2.33. The summed E-state index contributed by atoms with van der Waals surface area (Å²) in [5.74, 6) is -1.47. The molecule has 1 heterocycles. The van der Waals surface area contributed by atoms with Crippen molar-refractivity contribution in [3.05, 3.63) is 35.4 Å². The summed E-state index contributed by atoms with van der Waals surface area (Å²) in [6.45, 7) is 1.33. The number of hydrogen-bond donors (Lipinski definition) is 4. The van der Waals surface area contributed by atoms with Gasteiger partial charge in [0.15, 0.2) is 5.78 Å². The average Bonchev–Trinajstić information content (AvgIpc) is 2.50. The first-order valence-electron chi connectivity index (χ1n) is 6.92. The topological polar surface area (TPSA) is 95.5 Å². The lowest BCUT2D eigenvalue weighted by molar-refractivity contribution is -0.140. The van der Waals surface area contributed by atoms with Gasteiger partial charge in [0.2, 0.25) is 5.91 Å². The Morgan fingerprint density at radius 3 is 2.68 bits per heavy atom. The van der Waals surface area contributed by atoms with Crippen molar-refractivity contribution in [3.8, 4) is 0 Å². The SMILES string of the molecule is CC(=O)N[C@H](CS)C(=O)C1NC(C(=O)O)Cc2ccccc21. The zero-order valence-electron chi connectivity index (χ0n) is 12.1. The number of thiol groups is 1. The van der Waals surface area contributed by atoms with Gasteiger partial charge in [0.05, 0.1) is 12.1 Å². The molecular formula is C15H18N2O4S. The number of benzene rings is 1. The van der Waals surface area contributed by atoms with Crippen LogP contribution in [0.15, 0.2) is 24.3 Å². The number of carbonyl (C=O) groups is 3. The third-order valence-electron chi connectivity index (χ3n) is 3.64. The summed E-state index contributed by atoms with van der Waals surface area (Å²) in [6.07, 6.45) is 0.320. The molecule has 7 heteroatoms. The molecule has 0 saturated heterocycles. The Hall–Kier alpha value is -1.86. The number of rotatable bonds is 5. The minimum Gasteiger partial charge on any atom is -0.480 e. The molecule has 1 aromatic carbocycles. The minimum atomic E-state index is -1.01. The monoisotopic (exact) mass is 322 g/mol. The van der Waals surface area contributed by atoms with Crippen molar-refractivity contribution in [1.29, 1.82) is 0 Å². The molecule has 0 saturated carbocycles. The lowest BCUT2D eigenvalue weighted by Gasteiger charge is -2.32. The molecule has 2 rings (SSSR count). The van der Waals surface area contributed by atoms with Crippen molar-refractivity contribution >= 4 is 30.3 Å². The van der Waals surface area contributed by atoms with Crippen LogP contribution in [0.3, 0.4) is 0 Å². The van der Waals surface area contributed by atoms with Crippen LogP contribution in [0, 0.1) is 0 Å². The van der Waals surface area contributed by atoms with E-state index in [-0.39, 0.29) is 17.4 Å². The first-order chi connectivity index (χ1) is 10.4. The van der Waals surface area contributed by atoms with E-state index in [0.717, 1.165) is 11.1 Å². The highest BCUT2D eigenvalue weighted by molar-refractivity contribution is 7.80. The van der Waals surface area contributed by atoms with Crippen LogP contribution >= 0.6 is 12.6 Å². The second-order valence-corrected chi connectivity index (χ2v) is 5.60. The van der Waals surface area contributed by atoms with E-state index in [9.17, 15) is 19.5 Å². The predicted molar refractivity (Wildman–Crippen MR) is 83.9 cm³/mol. The first-order valence-corrected chi connectivity index (χ1v) is 7.55. The molecule has 22 heavy (non-hydrogen) atoms. The average molecular weight is 322 g/mol. The van der Waals surface area contributed by atoms with E-state index in [4.69, 9.17) is 0 Å². The van der Waals surface area contributed by atoms with E-state index in [2.05, 4.69) is 23.3 Å². The predicted octanol–water partition coefficient (Wildman–Crippen LogP) is 0.330. The van der Waals surface area contributed by atoms with E-state index >= 15 is 0 Å². The van der Waals surface area contributed by atoms with Gasteiger partial charge in [-0.05, 0) is 17.5 Å². The maximum absolute atomic E-state index is 12.7. The fraction of sp³-hybridized carbons (Fsp3) is 0.400. The van der Waals surface area contributed by atoms with E-state index in [1.165, 1.54) is 6.92 Å². The largest absolute Gasteiger partial charge is 0.480 e. The normalized spacial score (nSPS) is 21.5. The number of aliphatic carboxylic acids is 1. The van der Waals surface area contributed by atoms with Crippen molar-refractivity contribution in [3.63, 3.8) is 0 Å². The Labute approximate surface area is 133 Å². The third-order valence-corrected chi connectivity index (χ3v) is 4.01. The van der Waals surface area contributed by atoms with Gasteiger partial charge in [-0.1, -0.05) is 24.3 Å². The molecule has 1 aromatic rings. The number of nitrogens with one attached hydrogen (secondary N) is 2. The lowest BCUT2D eigenvalue weighted by Crippen LogP contribution is -2.52. The van der Waals surface area contributed by atoms with Gasteiger partial charge in [-0.15, -0.1) is 0 Å². The maximum Gasteiger partial charge on any atom is 0.321 e. The van der Waals surface area contributed by atoms with E-state index in [1.54, 1.807) is 12.1 Å². The van der Waals surface area contributed by atoms with Crippen molar-refractivity contribution in [2.75, 3.05) is 5.75 Å². The van der Waals surface area contributed by atoms with Gasteiger partial charge < -0.3 is 10.4 Å². The zero-order chi connectivity index (χ0) is 16.3.